The molecule has 12 heavy (non-hydrogen) atoms. The first-order valence-corrected chi connectivity index (χ1v) is 4.79. The van der Waals surface area contributed by atoms with E-state index in [0.717, 1.165) is 17.0 Å². The Morgan fingerprint density at radius 3 is 2.75 bits per heavy atom. The minimum Gasteiger partial charge on any atom is -0.293 e. The highest BCUT2D eigenvalue weighted by molar-refractivity contribution is 7.08. The Hall–Kier alpha value is -0.770. The van der Waals surface area contributed by atoms with Gasteiger partial charge in [-0.15, -0.1) is 5.10 Å². The third kappa shape index (κ3) is 1.69. The number of carbonyl (C=O) groups excluding carboxylic acids is 1. The van der Waals surface area contributed by atoms with E-state index < -0.39 is 0 Å². The summed E-state index contributed by atoms with van der Waals surface area (Å²) in [5.74, 6) is 0.194. The summed E-state index contributed by atoms with van der Waals surface area (Å²) < 4.78 is 3.77. The Balaban J connectivity index is 2.94. The van der Waals surface area contributed by atoms with Crippen LogP contribution in [-0.4, -0.2) is 15.4 Å². The molecule has 0 aromatic carbocycles. The third-order valence-electron chi connectivity index (χ3n) is 1.64. The first-order valence-electron chi connectivity index (χ1n) is 4.02. The standard InChI is InChI=1S/C8H12N2OS/c1-4-6-8(12-10-9-6)7(11)5(2)3/h5H,4H2,1-3H3. The predicted molar refractivity (Wildman–Crippen MR) is 48.5 cm³/mol. The van der Waals surface area contributed by atoms with E-state index in [1.807, 2.05) is 20.8 Å². The highest BCUT2D eigenvalue weighted by Gasteiger charge is 2.17. The summed E-state index contributed by atoms with van der Waals surface area (Å²) in [4.78, 5) is 12.2. The molecule has 0 radical (unpaired) electrons. The Bertz CT molecular complexity index is 280. The van der Waals surface area contributed by atoms with Gasteiger partial charge < -0.3 is 0 Å². The summed E-state index contributed by atoms with van der Waals surface area (Å²) in [5.41, 5.74) is 0.832. The van der Waals surface area contributed by atoms with Crippen LogP contribution in [0.25, 0.3) is 0 Å². The monoisotopic (exact) mass is 184 g/mol. The smallest absolute Gasteiger partial charge is 0.178 e. The molecule has 0 atom stereocenters. The Morgan fingerprint density at radius 2 is 2.25 bits per heavy atom. The molecule has 0 saturated carbocycles. The Morgan fingerprint density at radius 1 is 1.58 bits per heavy atom. The van der Waals surface area contributed by atoms with Gasteiger partial charge in [-0.2, -0.15) is 0 Å². The summed E-state index contributed by atoms with van der Waals surface area (Å²) in [6, 6.07) is 0. The highest BCUT2D eigenvalue weighted by atomic mass is 32.1. The molecule has 0 N–H and O–H groups in total. The molecular formula is C8H12N2OS. The van der Waals surface area contributed by atoms with Crippen LogP contribution in [0.2, 0.25) is 0 Å². The number of hydrogen-bond acceptors (Lipinski definition) is 4. The number of Topliss-reactive ketones (excluding diaryl/α,β-unsaturated/α-hetero) is 1. The van der Waals surface area contributed by atoms with Gasteiger partial charge >= 0.3 is 0 Å². The van der Waals surface area contributed by atoms with Gasteiger partial charge in [0.05, 0.1) is 5.69 Å². The van der Waals surface area contributed by atoms with E-state index in [9.17, 15) is 4.79 Å². The van der Waals surface area contributed by atoms with E-state index in [2.05, 4.69) is 9.59 Å². The molecule has 0 saturated heterocycles. The maximum Gasteiger partial charge on any atom is 0.178 e. The largest absolute Gasteiger partial charge is 0.293 e. The number of aromatic nitrogens is 2. The lowest BCUT2D eigenvalue weighted by Gasteiger charge is -2.00. The molecule has 1 aromatic rings. The fourth-order valence-electron chi connectivity index (χ4n) is 0.889. The lowest BCUT2D eigenvalue weighted by Crippen LogP contribution is -2.07. The third-order valence-corrected chi connectivity index (χ3v) is 2.42. The maximum atomic E-state index is 11.5. The molecule has 0 aliphatic rings. The Kier molecular flexibility index (Phi) is 2.92. The van der Waals surface area contributed by atoms with E-state index in [-0.39, 0.29) is 11.7 Å². The summed E-state index contributed by atoms with van der Waals surface area (Å²) in [6.07, 6.45) is 0.782. The van der Waals surface area contributed by atoms with Crippen molar-refractivity contribution in [3.05, 3.63) is 10.6 Å². The van der Waals surface area contributed by atoms with Crippen LogP contribution < -0.4 is 0 Å². The first kappa shape index (κ1) is 9.32. The van der Waals surface area contributed by atoms with Crippen LogP contribution in [-0.2, 0) is 6.42 Å². The van der Waals surface area contributed by atoms with Crippen LogP contribution in [0.1, 0.15) is 36.1 Å². The average Bonchev–Trinajstić information content (AvgIpc) is 2.49. The molecular weight excluding hydrogens is 172 g/mol. The molecule has 0 unspecified atom stereocenters. The fourth-order valence-corrected chi connectivity index (χ4v) is 1.73. The molecule has 0 aliphatic heterocycles. The second-order valence-corrected chi connectivity index (χ2v) is 3.68. The van der Waals surface area contributed by atoms with E-state index in [1.165, 1.54) is 11.5 Å². The maximum absolute atomic E-state index is 11.5. The molecule has 0 bridgehead atoms. The van der Waals surface area contributed by atoms with Crippen LogP contribution in [0, 0.1) is 5.92 Å². The SMILES string of the molecule is CCc1nnsc1C(=O)C(C)C. The molecule has 1 aromatic heterocycles. The van der Waals surface area contributed by atoms with E-state index in [0.29, 0.717) is 0 Å². The molecule has 0 fully saturated rings. The van der Waals surface area contributed by atoms with Crippen molar-refractivity contribution in [2.45, 2.75) is 27.2 Å². The fraction of sp³-hybridized carbons (Fsp3) is 0.625. The molecule has 0 spiro atoms. The van der Waals surface area contributed by atoms with Crippen LogP contribution in [0.4, 0.5) is 0 Å². The summed E-state index contributed by atoms with van der Waals surface area (Å²) in [6.45, 7) is 5.76. The number of nitrogens with zero attached hydrogens (tertiary/aromatic N) is 2. The summed E-state index contributed by atoms with van der Waals surface area (Å²) >= 11 is 1.20. The van der Waals surface area contributed by atoms with Gasteiger partial charge in [-0.05, 0) is 18.0 Å². The van der Waals surface area contributed by atoms with Crippen LogP contribution in [0.3, 0.4) is 0 Å². The number of carbonyl (C=O) groups is 1. The van der Waals surface area contributed by atoms with Gasteiger partial charge in [0.2, 0.25) is 0 Å². The molecule has 66 valence electrons. The van der Waals surface area contributed by atoms with E-state index >= 15 is 0 Å². The molecule has 0 aliphatic carbocycles. The van der Waals surface area contributed by atoms with Crippen LogP contribution >= 0.6 is 11.5 Å². The second-order valence-electron chi connectivity index (χ2n) is 2.92. The quantitative estimate of drug-likeness (QED) is 0.674. The van der Waals surface area contributed by atoms with Crippen LogP contribution in [0.15, 0.2) is 0 Å². The van der Waals surface area contributed by atoms with Crippen molar-refractivity contribution in [3.63, 3.8) is 0 Å². The molecule has 1 heterocycles. The molecule has 1 rings (SSSR count). The van der Waals surface area contributed by atoms with Crippen molar-refractivity contribution in [1.82, 2.24) is 9.59 Å². The molecule has 4 heteroatoms. The minimum absolute atomic E-state index is 0.0394. The summed E-state index contributed by atoms with van der Waals surface area (Å²) in [5, 5.41) is 3.89. The number of ketones is 1. The Labute approximate surface area is 76.0 Å². The lowest BCUT2D eigenvalue weighted by atomic mass is 10.1. The number of rotatable bonds is 3. The van der Waals surface area contributed by atoms with Gasteiger partial charge in [-0.25, -0.2) is 0 Å². The van der Waals surface area contributed by atoms with Gasteiger partial charge in [0.25, 0.3) is 0 Å². The van der Waals surface area contributed by atoms with Gasteiger partial charge in [0.15, 0.2) is 5.78 Å². The van der Waals surface area contributed by atoms with Crippen LogP contribution in [0.5, 0.6) is 0 Å². The van der Waals surface area contributed by atoms with Crippen molar-refractivity contribution in [1.29, 1.82) is 0 Å². The van der Waals surface area contributed by atoms with Gasteiger partial charge in [0, 0.05) is 5.92 Å². The van der Waals surface area contributed by atoms with Crippen molar-refractivity contribution in [3.8, 4) is 0 Å². The van der Waals surface area contributed by atoms with Gasteiger partial charge in [-0.1, -0.05) is 25.3 Å². The van der Waals surface area contributed by atoms with E-state index in [1.54, 1.807) is 0 Å². The van der Waals surface area contributed by atoms with Crippen molar-refractivity contribution < 1.29 is 4.79 Å². The number of aryl methyl sites for hydroxylation is 1. The summed E-state index contributed by atoms with van der Waals surface area (Å²) in [7, 11) is 0. The normalized spacial score (nSPS) is 10.7. The zero-order chi connectivity index (χ0) is 9.14. The van der Waals surface area contributed by atoms with Gasteiger partial charge in [-0.3, -0.25) is 4.79 Å². The lowest BCUT2D eigenvalue weighted by molar-refractivity contribution is 0.0942. The predicted octanol–water partition coefficient (Wildman–Crippen LogP) is 1.94. The van der Waals surface area contributed by atoms with Crippen molar-refractivity contribution in [2.24, 2.45) is 5.92 Å². The minimum atomic E-state index is 0.0394. The average molecular weight is 184 g/mol. The highest BCUT2D eigenvalue weighted by Crippen LogP contribution is 2.15. The zero-order valence-electron chi connectivity index (χ0n) is 7.50. The van der Waals surface area contributed by atoms with Crippen molar-refractivity contribution in [2.75, 3.05) is 0 Å². The second kappa shape index (κ2) is 3.76. The zero-order valence-corrected chi connectivity index (χ0v) is 8.31. The van der Waals surface area contributed by atoms with E-state index in [4.69, 9.17) is 0 Å². The first-order chi connectivity index (χ1) is 5.66. The topological polar surface area (TPSA) is 42.9 Å². The van der Waals surface area contributed by atoms with Crippen molar-refractivity contribution >= 4 is 17.3 Å². The van der Waals surface area contributed by atoms with Gasteiger partial charge in [0.1, 0.15) is 4.88 Å². The number of hydrogen-bond donors (Lipinski definition) is 0. The molecule has 3 nitrogen and oxygen atoms in total. The molecule has 0 amide bonds.